The molecule has 6 nitrogen and oxygen atoms in total. The lowest BCUT2D eigenvalue weighted by Crippen LogP contribution is -2.14. The number of benzene rings is 2. The molecule has 0 aliphatic rings. The van der Waals surface area contributed by atoms with Gasteiger partial charge in [-0.3, -0.25) is 0 Å². The molecular formula is C15H13BrClNO5S. The van der Waals surface area contributed by atoms with Crippen molar-refractivity contribution in [1.29, 1.82) is 0 Å². The molecule has 2 aromatic rings. The van der Waals surface area contributed by atoms with Gasteiger partial charge in [0.05, 0.1) is 22.2 Å². The first-order valence-electron chi connectivity index (χ1n) is 6.54. The third-order valence-electron chi connectivity index (χ3n) is 3.06. The molecule has 0 radical (unpaired) electrons. The summed E-state index contributed by atoms with van der Waals surface area (Å²) in [5, 5.41) is 4.99. The number of halogens is 2. The van der Waals surface area contributed by atoms with Crippen molar-refractivity contribution < 1.29 is 22.7 Å². The maximum absolute atomic E-state index is 12.1. The predicted octanol–water partition coefficient (Wildman–Crippen LogP) is 3.12. The highest BCUT2D eigenvalue weighted by molar-refractivity contribution is 9.10. The molecule has 24 heavy (non-hydrogen) atoms. The SMILES string of the molecule is COc1ccc(COC(=O)c2ccc(Cl)c(S(N)(=O)=O)c2)cc1Br. The Morgan fingerprint density at radius 1 is 1.25 bits per heavy atom. The van der Waals surface area contributed by atoms with Gasteiger partial charge in [-0.2, -0.15) is 0 Å². The van der Waals surface area contributed by atoms with E-state index in [9.17, 15) is 13.2 Å². The monoisotopic (exact) mass is 433 g/mol. The fourth-order valence-electron chi connectivity index (χ4n) is 1.88. The average Bonchev–Trinajstić information content (AvgIpc) is 2.52. The number of carbonyl (C=O) groups excluding carboxylic acids is 1. The number of sulfonamides is 1. The molecule has 0 saturated carbocycles. The zero-order valence-electron chi connectivity index (χ0n) is 12.5. The van der Waals surface area contributed by atoms with E-state index in [0.717, 1.165) is 16.1 Å². The summed E-state index contributed by atoms with van der Waals surface area (Å²) >= 11 is 9.11. The summed E-state index contributed by atoms with van der Waals surface area (Å²) < 4.78 is 33.9. The van der Waals surface area contributed by atoms with Gasteiger partial charge in [0, 0.05) is 0 Å². The van der Waals surface area contributed by atoms with E-state index >= 15 is 0 Å². The van der Waals surface area contributed by atoms with Crippen molar-refractivity contribution in [2.75, 3.05) is 7.11 Å². The first-order chi connectivity index (χ1) is 11.2. The Labute approximate surface area is 152 Å². The first kappa shape index (κ1) is 18.7. The molecule has 0 amide bonds. The summed E-state index contributed by atoms with van der Waals surface area (Å²) in [6.07, 6.45) is 0. The van der Waals surface area contributed by atoms with Crippen LogP contribution in [0.4, 0.5) is 0 Å². The normalized spacial score (nSPS) is 11.2. The molecule has 0 aliphatic heterocycles. The van der Waals surface area contributed by atoms with Gasteiger partial charge < -0.3 is 9.47 Å². The summed E-state index contributed by atoms with van der Waals surface area (Å²) in [5.41, 5.74) is 0.771. The number of primary sulfonamides is 1. The van der Waals surface area contributed by atoms with Crippen molar-refractivity contribution >= 4 is 43.5 Å². The smallest absolute Gasteiger partial charge is 0.338 e. The molecule has 9 heteroatoms. The third kappa shape index (κ3) is 4.47. The molecule has 0 saturated heterocycles. The summed E-state index contributed by atoms with van der Waals surface area (Å²) in [6, 6.07) is 8.96. The molecule has 0 unspecified atom stereocenters. The third-order valence-corrected chi connectivity index (χ3v) is 5.07. The van der Waals surface area contributed by atoms with Crippen LogP contribution in [-0.4, -0.2) is 21.5 Å². The van der Waals surface area contributed by atoms with Gasteiger partial charge >= 0.3 is 5.97 Å². The second kappa shape index (κ2) is 7.52. The lowest BCUT2D eigenvalue weighted by molar-refractivity contribution is 0.0472. The zero-order valence-corrected chi connectivity index (χ0v) is 15.6. The predicted molar refractivity (Wildman–Crippen MR) is 92.6 cm³/mol. The van der Waals surface area contributed by atoms with E-state index in [1.165, 1.54) is 12.1 Å². The number of rotatable bonds is 5. The van der Waals surface area contributed by atoms with Crippen molar-refractivity contribution in [3.63, 3.8) is 0 Å². The van der Waals surface area contributed by atoms with Gasteiger partial charge in [0.15, 0.2) is 0 Å². The van der Waals surface area contributed by atoms with Gasteiger partial charge in [0.25, 0.3) is 0 Å². The van der Waals surface area contributed by atoms with Crippen LogP contribution in [0.2, 0.25) is 5.02 Å². The van der Waals surface area contributed by atoms with E-state index < -0.39 is 16.0 Å². The standard InChI is InChI=1S/C15H13BrClNO5S/c1-22-13-5-2-9(6-11(13)16)8-23-15(19)10-3-4-12(17)14(7-10)24(18,20)21/h2-7H,8H2,1H3,(H2,18,20,21). The van der Waals surface area contributed by atoms with Crippen LogP contribution in [0.1, 0.15) is 15.9 Å². The van der Waals surface area contributed by atoms with Gasteiger partial charge in [-0.25, -0.2) is 18.4 Å². The highest BCUT2D eigenvalue weighted by Gasteiger charge is 2.17. The molecule has 0 heterocycles. The van der Waals surface area contributed by atoms with Crippen molar-refractivity contribution in [1.82, 2.24) is 0 Å². The van der Waals surface area contributed by atoms with Crippen molar-refractivity contribution in [2.24, 2.45) is 5.14 Å². The summed E-state index contributed by atoms with van der Waals surface area (Å²) in [6.45, 7) is 0.00869. The van der Waals surface area contributed by atoms with Crippen LogP contribution >= 0.6 is 27.5 Å². The highest BCUT2D eigenvalue weighted by Crippen LogP contribution is 2.26. The van der Waals surface area contributed by atoms with Gasteiger partial charge in [-0.1, -0.05) is 17.7 Å². The quantitative estimate of drug-likeness (QED) is 0.730. The number of nitrogens with two attached hydrogens (primary N) is 1. The molecule has 2 N–H and O–H groups in total. The Morgan fingerprint density at radius 3 is 2.54 bits per heavy atom. The van der Waals surface area contributed by atoms with E-state index in [2.05, 4.69) is 15.9 Å². The maximum Gasteiger partial charge on any atom is 0.338 e. The van der Waals surface area contributed by atoms with E-state index in [0.29, 0.717) is 5.75 Å². The lowest BCUT2D eigenvalue weighted by Gasteiger charge is -2.09. The van der Waals surface area contributed by atoms with E-state index in [1.54, 1.807) is 25.3 Å². The largest absolute Gasteiger partial charge is 0.496 e. The minimum atomic E-state index is -4.03. The van der Waals surface area contributed by atoms with Crippen LogP contribution in [0.15, 0.2) is 45.8 Å². The van der Waals surface area contributed by atoms with Crippen LogP contribution in [-0.2, 0) is 21.4 Å². The first-order valence-corrected chi connectivity index (χ1v) is 9.26. The fourth-order valence-corrected chi connectivity index (χ4v) is 3.54. The highest BCUT2D eigenvalue weighted by atomic mass is 79.9. The second-order valence-corrected chi connectivity index (χ2v) is 7.53. The zero-order chi connectivity index (χ0) is 17.9. The Bertz CT molecular complexity index is 885. The molecule has 0 aromatic heterocycles. The van der Waals surface area contributed by atoms with E-state index in [1.807, 2.05) is 0 Å². The molecule has 0 aliphatic carbocycles. The molecule has 0 spiro atoms. The second-order valence-electron chi connectivity index (χ2n) is 4.74. The summed E-state index contributed by atoms with van der Waals surface area (Å²) in [4.78, 5) is 11.8. The van der Waals surface area contributed by atoms with Crippen LogP contribution in [0.5, 0.6) is 5.75 Å². The van der Waals surface area contributed by atoms with Crippen molar-refractivity contribution in [3.8, 4) is 5.75 Å². The maximum atomic E-state index is 12.1. The molecular weight excluding hydrogens is 422 g/mol. The van der Waals surface area contributed by atoms with Crippen LogP contribution in [0.25, 0.3) is 0 Å². The molecule has 128 valence electrons. The minimum absolute atomic E-state index is 0.00869. The van der Waals surface area contributed by atoms with Gasteiger partial charge in [0.1, 0.15) is 17.3 Å². The number of hydrogen-bond donors (Lipinski definition) is 1. The van der Waals surface area contributed by atoms with Crippen molar-refractivity contribution in [3.05, 3.63) is 57.0 Å². The van der Waals surface area contributed by atoms with E-state index in [4.69, 9.17) is 26.2 Å². The molecule has 2 rings (SSSR count). The summed E-state index contributed by atoms with van der Waals surface area (Å²) in [7, 11) is -2.48. The van der Waals surface area contributed by atoms with Crippen LogP contribution in [0, 0.1) is 0 Å². The number of hydrogen-bond acceptors (Lipinski definition) is 5. The summed E-state index contributed by atoms with van der Waals surface area (Å²) in [5.74, 6) is -0.0379. The number of methoxy groups -OCH3 is 1. The van der Waals surface area contributed by atoms with Crippen LogP contribution in [0.3, 0.4) is 0 Å². The van der Waals surface area contributed by atoms with E-state index in [-0.39, 0.29) is 22.1 Å². The number of carbonyl (C=O) groups is 1. The Hall–Kier alpha value is -1.61. The van der Waals surface area contributed by atoms with Gasteiger partial charge in [0.2, 0.25) is 10.0 Å². The van der Waals surface area contributed by atoms with Crippen LogP contribution < -0.4 is 9.88 Å². The molecule has 2 aromatic carbocycles. The number of esters is 1. The lowest BCUT2D eigenvalue weighted by atomic mass is 10.2. The average molecular weight is 435 g/mol. The molecule has 0 bridgehead atoms. The molecule has 0 atom stereocenters. The Morgan fingerprint density at radius 2 is 1.96 bits per heavy atom. The Kier molecular flexibility index (Phi) is 5.87. The minimum Gasteiger partial charge on any atom is -0.496 e. The Balaban J connectivity index is 2.15. The van der Waals surface area contributed by atoms with Crippen molar-refractivity contribution in [2.45, 2.75) is 11.5 Å². The van der Waals surface area contributed by atoms with Gasteiger partial charge in [-0.15, -0.1) is 0 Å². The fraction of sp³-hybridized carbons (Fsp3) is 0.133. The van der Waals surface area contributed by atoms with Gasteiger partial charge in [-0.05, 0) is 51.8 Å². The molecule has 0 fully saturated rings. The number of ether oxygens (including phenoxy) is 2. The topological polar surface area (TPSA) is 95.7 Å².